The summed E-state index contributed by atoms with van der Waals surface area (Å²) in [6, 6.07) is 2.07. The fourth-order valence-electron chi connectivity index (χ4n) is 2.96. The fourth-order valence-corrected chi connectivity index (χ4v) is 2.96. The molecule has 0 aromatic heterocycles. The molecular weight excluding hydrogens is 476 g/mol. The number of guanidine groups is 1. The van der Waals surface area contributed by atoms with Crippen LogP contribution in [0.15, 0.2) is 29.3 Å². The number of nitrogens with two attached hydrogens (primary N) is 4. The van der Waals surface area contributed by atoms with E-state index in [1.807, 2.05) is 0 Å². The molecule has 0 aliphatic carbocycles. The minimum atomic E-state index is -1.29. The van der Waals surface area contributed by atoms with E-state index in [-0.39, 0.29) is 37.5 Å². The van der Waals surface area contributed by atoms with E-state index >= 15 is 0 Å². The fraction of sp³-hybridized carbons (Fsp3) is 0.429. The van der Waals surface area contributed by atoms with E-state index < -0.39 is 60.7 Å². The van der Waals surface area contributed by atoms with Gasteiger partial charge in [-0.3, -0.25) is 24.2 Å². The Balaban J connectivity index is 2.87. The van der Waals surface area contributed by atoms with Crippen molar-refractivity contribution in [3.05, 3.63) is 29.8 Å². The molecule has 1 aromatic carbocycles. The van der Waals surface area contributed by atoms with Crippen LogP contribution < -0.4 is 38.9 Å². The number of aliphatic carboxylic acids is 1. The second kappa shape index (κ2) is 14.8. The molecular formula is C21H32N8O7. The van der Waals surface area contributed by atoms with Gasteiger partial charge in [0.15, 0.2) is 5.96 Å². The zero-order chi connectivity index (χ0) is 27.3. The summed E-state index contributed by atoms with van der Waals surface area (Å²) in [6.45, 7) is -0.404. The molecule has 0 heterocycles. The molecule has 0 unspecified atom stereocenters. The molecule has 0 fully saturated rings. The number of carboxylic acids is 1. The summed E-state index contributed by atoms with van der Waals surface area (Å²) in [5.41, 5.74) is 21.5. The van der Waals surface area contributed by atoms with Crippen molar-refractivity contribution in [2.24, 2.45) is 27.9 Å². The minimum Gasteiger partial charge on any atom is -0.508 e. The Labute approximate surface area is 206 Å². The Hall–Kier alpha value is -4.40. The number of primary amides is 1. The quantitative estimate of drug-likeness (QED) is 0.0636. The molecule has 0 saturated heterocycles. The standard InChI is InChI=1S/C21H32N8O7/c22-13(9-16(23)31)18(33)27-10-17(32)28-15(8-11-3-5-12(30)6-4-11)19(34)29-14(20(35)36)2-1-7-26-21(24)25/h3-6,13-15,30H,1-2,7-10,22H2,(H2,23,31)(H,27,33)(H,28,32)(H,29,34)(H,35,36)(H4,24,25,26)/t13-,14-,15-/m0/s1. The normalized spacial score (nSPS) is 12.9. The number of nitrogens with zero attached hydrogens (tertiary/aromatic N) is 1. The molecule has 0 radical (unpaired) electrons. The lowest BCUT2D eigenvalue weighted by Gasteiger charge is -2.22. The predicted molar refractivity (Wildman–Crippen MR) is 128 cm³/mol. The third kappa shape index (κ3) is 11.6. The van der Waals surface area contributed by atoms with E-state index in [2.05, 4.69) is 20.9 Å². The van der Waals surface area contributed by atoms with Crippen LogP contribution in [0.3, 0.4) is 0 Å². The Morgan fingerprint density at radius 1 is 0.944 bits per heavy atom. The number of phenols is 1. The maximum absolute atomic E-state index is 12.9. The lowest BCUT2D eigenvalue weighted by atomic mass is 10.0. The Morgan fingerprint density at radius 2 is 1.58 bits per heavy atom. The molecule has 4 amide bonds. The van der Waals surface area contributed by atoms with Crippen molar-refractivity contribution >= 4 is 35.6 Å². The number of aliphatic imine (C=N–C) groups is 1. The number of nitrogens with one attached hydrogen (secondary N) is 3. The number of benzene rings is 1. The number of rotatable bonds is 15. The summed E-state index contributed by atoms with van der Waals surface area (Å²) < 4.78 is 0. The van der Waals surface area contributed by atoms with Gasteiger partial charge < -0.3 is 49.1 Å². The van der Waals surface area contributed by atoms with Gasteiger partial charge >= 0.3 is 5.97 Å². The zero-order valence-electron chi connectivity index (χ0n) is 19.5. The van der Waals surface area contributed by atoms with E-state index in [1.54, 1.807) is 0 Å². The average Bonchev–Trinajstić information content (AvgIpc) is 2.79. The first kappa shape index (κ1) is 29.6. The molecule has 15 nitrogen and oxygen atoms in total. The first-order valence-corrected chi connectivity index (χ1v) is 10.9. The number of carbonyl (C=O) groups excluding carboxylic acids is 4. The van der Waals surface area contributed by atoms with Crippen molar-refractivity contribution in [3.63, 3.8) is 0 Å². The Kier molecular flexibility index (Phi) is 12.2. The molecule has 0 bridgehead atoms. The summed E-state index contributed by atoms with van der Waals surface area (Å²) >= 11 is 0. The number of carbonyl (C=O) groups is 5. The van der Waals surface area contributed by atoms with Crippen LogP contribution in [0.1, 0.15) is 24.8 Å². The summed E-state index contributed by atoms with van der Waals surface area (Å²) in [7, 11) is 0. The van der Waals surface area contributed by atoms with Gasteiger partial charge in [0.2, 0.25) is 23.6 Å². The van der Waals surface area contributed by atoms with Crippen molar-refractivity contribution in [1.29, 1.82) is 0 Å². The highest BCUT2D eigenvalue weighted by molar-refractivity contribution is 5.93. The summed E-state index contributed by atoms with van der Waals surface area (Å²) in [5, 5.41) is 26.0. The van der Waals surface area contributed by atoms with Crippen molar-refractivity contribution < 1.29 is 34.2 Å². The van der Waals surface area contributed by atoms with Gasteiger partial charge in [-0.2, -0.15) is 0 Å². The van der Waals surface area contributed by atoms with E-state index in [0.29, 0.717) is 5.56 Å². The third-order valence-electron chi connectivity index (χ3n) is 4.77. The van der Waals surface area contributed by atoms with Crippen molar-refractivity contribution in [1.82, 2.24) is 16.0 Å². The van der Waals surface area contributed by atoms with Crippen molar-refractivity contribution in [3.8, 4) is 5.75 Å². The average molecular weight is 509 g/mol. The third-order valence-corrected chi connectivity index (χ3v) is 4.77. The molecule has 15 heteroatoms. The van der Waals surface area contributed by atoms with Gasteiger partial charge in [-0.1, -0.05) is 12.1 Å². The van der Waals surface area contributed by atoms with Gasteiger partial charge in [0, 0.05) is 13.0 Å². The molecule has 13 N–H and O–H groups in total. The van der Waals surface area contributed by atoms with Crippen molar-refractivity contribution in [2.45, 2.75) is 43.8 Å². The molecule has 1 rings (SSSR count). The molecule has 36 heavy (non-hydrogen) atoms. The van der Waals surface area contributed by atoms with Crippen LogP contribution in [-0.2, 0) is 30.4 Å². The van der Waals surface area contributed by atoms with Crippen LogP contribution in [0, 0.1) is 0 Å². The zero-order valence-corrected chi connectivity index (χ0v) is 19.5. The van der Waals surface area contributed by atoms with Crippen molar-refractivity contribution in [2.75, 3.05) is 13.1 Å². The van der Waals surface area contributed by atoms with Gasteiger partial charge in [0.1, 0.15) is 17.8 Å². The number of hydrogen-bond acceptors (Lipinski definition) is 8. The van der Waals surface area contributed by atoms with Crippen LogP contribution in [0.2, 0.25) is 0 Å². The highest BCUT2D eigenvalue weighted by Gasteiger charge is 2.27. The van der Waals surface area contributed by atoms with E-state index in [1.165, 1.54) is 24.3 Å². The number of aromatic hydroxyl groups is 1. The molecule has 0 spiro atoms. The molecule has 198 valence electrons. The lowest BCUT2D eigenvalue weighted by molar-refractivity contribution is -0.142. The first-order chi connectivity index (χ1) is 16.9. The van der Waals surface area contributed by atoms with Crippen LogP contribution in [0.25, 0.3) is 0 Å². The van der Waals surface area contributed by atoms with Crippen LogP contribution >= 0.6 is 0 Å². The minimum absolute atomic E-state index is 0.00878. The highest BCUT2D eigenvalue weighted by Crippen LogP contribution is 2.12. The maximum atomic E-state index is 12.9. The number of phenolic OH excluding ortho intramolecular Hbond substituents is 1. The van der Waals surface area contributed by atoms with E-state index in [9.17, 15) is 34.2 Å². The first-order valence-electron chi connectivity index (χ1n) is 10.9. The van der Waals surface area contributed by atoms with Gasteiger partial charge in [-0.05, 0) is 30.5 Å². The second-order valence-corrected chi connectivity index (χ2v) is 7.83. The van der Waals surface area contributed by atoms with Gasteiger partial charge in [0.25, 0.3) is 0 Å². The smallest absolute Gasteiger partial charge is 0.326 e. The molecule has 0 aliphatic rings. The highest BCUT2D eigenvalue weighted by atomic mass is 16.4. The van der Waals surface area contributed by atoms with Crippen LogP contribution in [0.5, 0.6) is 5.75 Å². The maximum Gasteiger partial charge on any atom is 0.326 e. The van der Waals surface area contributed by atoms with E-state index in [0.717, 1.165) is 0 Å². The number of hydrogen-bond donors (Lipinski definition) is 9. The summed E-state index contributed by atoms with van der Waals surface area (Å²) in [4.78, 5) is 63.5. The van der Waals surface area contributed by atoms with E-state index in [4.69, 9.17) is 22.9 Å². The topological polar surface area (TPSA) is 278 Å². The van der Waals surface area contributed by atoms with Gasteiger partial charge in [-0.25, -0.2) is 4.79 Å². The lowest BCUT2D eigenvalue weighted by Crippen LogP contribution is -2.54. The van der Waals surface area contributed by atoms with Crippen LogP contribution in [-0.4, -0.2) is 77.0 Å². The monoisotopic (exact) mass is 508 g/mol. The van der Waals surface area contributed by atoms with Crippen LogP contribution in [0.4, 0.5) is 0 Å². The summed E-state index contributed by atoms with van der Waals surface area (Å²) in [5.74, 6) is -4.60. The second-order valence-electron chi connectivity index (χ2n) is 7.83. The van der Waals surface area contributed by atoms with Gasteiger partial charge in [0.05, 0.1) is 19.0 Å². The molecule has 0 saturated carbocycles. The number of amides is 4. The van der Waals surface area contributed by atoms with Gasteiger partial charge in [-0.15, -0.1) is 0 Å². The largest absolute Gasteiger partial charge is 0.508 e. The summed E-state index contributed by atoms with van der Waals surface area (Å²) in [6.07, 6.45) is -0.181. The number of carboxylic acid groups (broad SMARTS) is 1. The molecule has 3 atom stereocenters. The predicted octanol–water partition coefficient (Wildman–Crippen LogP) is -3.64. The molecule has 0 aliphatic heterocycles. The molecule has 1 aromatic rings. The Bertz CT molecular complexity index is 964. The Morgan fingerprint density at radius 3 is 2.14 bits per heavy atom. The SMILES string of the molecule is NC(=O)C[C@H](N)C(=O)NCC(=O)N[C@@H](Cc1ccc(O)cc1)C(=O)N[C@@H](CCCN=C(N)N)C(=O)O.